The molecule has 2 heteroatoms. The van der Waals surface area contributed by atoms with Gasteiger partial charge in [0.15, 0.2) is 0 Å². The molecule has 1 aliphatic rings. The maximum absolute atomic E-state index is 5.50. The van der Waals surface area contributed by atoms with Gasteiger partial charge in [-0.25, -0.2) is 0 Å². The Kier molecular flexibility index (Phi) is 4.61. The summed E-state index contributed by atoms with van der Waals surface area (Å²) in [6, 6.07) is 0. The third kappa shape index (κ3) is 3.64. The molecule has 0 unspecified atom stereocenters. The van der Waals surface area contributed by atoms with Gasteiger partial charge in [-0.05, 0) is 19.4 Å². The van der Waals surface area contributed by atoms with Crippen LogP contribution in [-0.2, 0) is 4.74 Å². The van der Waals surface area contributed by atoms with Gasteiger partial charge in [-0.1, -0.05) is 6.08 Å². The van der Waals surface area contributed by atoms with Crippen molar-refractivity contribution in [3.63, 3.8) is 0 Å². The average Bonchev–Trinajstić information content (AvgIpc) is 2.33. The van der Waals surface area contributed by atoms with Gasteiger partial charge in [-0.15, -0.1) is 6.58 Å². The summed E-state index contributed by atoms with van der Waals surface area (Å²) in [7, 11) is 0. The van der Waals surface area contributed by atoms with E-state index >= 15 is 0 Å². The molecular formula is C11H19NO. The van der Waals surface area contributed by atoms with Crippen LogP contribution >= 0.6 is 0 Å². The lowest BCUT2D eigenvalue weighted by atomic mass is 10.3. The summed E-state index contributed by atoms with van der Waals surface area (Å²) in [5.74, 6) is 1.16. The van der Waals surface area contributed by atoms with Gasteiger partial charge in [-0.3, -0.25) is 4.90 Å². The second-order valence-corrected chi connectivity index (χ2v) is 3.23. The van der Waals surface area contributed by atoms with Gasteiger partial charge < -0.3 is 4.74 Å². The first-order valence-electron chi connectivity index (χ1n) is 5.02. The van der Waals surface area contributed by atoms with Gasteiger partial charge in [0.25, 0.3) is 0 Å². The molecule has 13 heavy (non-hydrogen) atoms. The maximum atomic E-state index is 5.50. The molecule has 1 rings (SSSR count). The van der Waals surface area contributed by atoms with Crippen LogP contribution in [0.4, 0.5) is 0 Å². The Morgan fingerprint density at radius 2 is 2.46 bits per heavy atom. The van der Waals surface area contributed by atoms with Gasteiger partial charge in [0, 0.05) is 26.1 Å². The number of hydrogen-bond acceptors (Lipinski definition) is 2. The molecular weight excluding hydrogens is 162 g/mol. The first-order chi connectivity index (χ1) is 6.36. The van der Waals surface area contributed by atoms with Crippen molar-refractivity contribution in [1.29, 1.82) is 0 Å². The molecule has 0 aliphatic carbocycles. The zero-order valence-corrected chi connectivity index (χ0v) is 8.46. The zero-order chi connectivity index (χ0) is 9.52. The summed E-state index contributed by atoms with van der Waals surface area (Å²) in [6.07, 6.45) is 6.32. The van der Waals surface area contributed by atoms with Gasteiger partial charge in [0.05, 0.1) is 12.4 Å². The van der Waals surface area contributed by atoms with Crippen molar-refractivity contribution < 1.29 is 4.74 Å². The molecule has 0 amide bonds. The van der Waals surface area contributed by atoms with Crippen LogP contribution in [0.1, 0.15) is 19.8 Å². The minimum Gasteiger partial charge on any atom is -0.499 e. The van der Waals surface area contributed by atoms with E-state index in [-0.39, 0.29) is 0 Å². The lowest BCUT2D eigenvalue weighted by Gasteiger charge is -2.17. The maximum Gasteiger partial charge on any atom is 0.0933 e. The smallest absolute Gasteiger partial charge is 0.0933 e. The Hall–Kier alpha value is -0.760. The molecule has 0 radical (unpaired) electrons. The Morgan fingerprint density at radius 1 is 1.62 bits per heavy atom. The minimum absolute atomic E-state index is 0.785. The minimum atomic E-state index is 0.785. The highest BCUT2D eigenvalue weighted by Crippen LogP contribution is 2.11. The SMILES string of the molecule is C=CCN1CCC=C(OCC)CC1. The summed E-state index contributed by atoms with van der Waals surface area (Å²) in [5, 5.41) is 0. The van der Waals surface area contributed by atoms with Gasteiger partial charge >= 0.3 is 0 Å². The number of ether oxygens (including phenoxy) is 1. The zero-order valence-electron chi connectivity index (χ0n) is 8.46. The van der Waals surface area contributed by atoms with Crippen LogP contribution in [0.25, 0.3) is 0 Å². The fourth-order valence-electron chi connectivity index (χ4n) is 1.57. The second-order valence-electron chi connectivity index (χ2n) is 3.23. The molecule has 0 spiro atoms. The van der Waals surface area contributed by atoms with E-state index in [0.29, 0.717) is 0 Å². The van der Waals surface area contributed by atoms with Crippen molar-refractivity contribution in [2.45, 2.75) is 19.8 Å². The largest absolute Gasteiger partial charge is 0.499 e. The molecule has 0 fully saturated rings. The van der Waals surface area contributed by atoms with Crippen LogP contribution in [0.2, 0.25) is 0 Å². The lowest BCUT2D eigenvalue weighted by molar-refractivity contribution is 0.210. The van der Waals surface area contributed by atoms with Crippen LogP contribution in [0.5, 0.6) is 0 Å². The van der Waals surface area contributed by atoms with E-state index in [4.69, 9.17) is 4.74 Å². The van der Waals surface area contributed by atoms with Gasteiger partial charge in [-0.2, -0.15) is 0 Å². The Morgan fingerprint density at radius 3 is 3.15 bits per heavy atom. The Balaban J connectivity index is 2.33. The normalized spacial score (nSPS) is 19.0. The third-order valence-corrected chi connectivity index (χ3v) is 2.21. The average molecular weight is 181 g/mol. The number of nitrogens with zero attached hydrogens (tertiary/aromatic N) is 1. The van der Waals surface area contributed by atoms with Crippen LogP contribution in [0.15, 0.2) is 24.5 Å². The van der Waals surface area contributed by atoms with Crippen molar-refractivity contribution in [2.24, 2.45) is 0 Å². The number of hydrogen-bond donors (Lipinski definition) is 0. The summed E-state index contributed by atoms with van der Waals surface area (Å²) in [6.45, 7) is 9.79. The van der Waals surface area contributed by atoms with E-state index in [2.05, 4.69) is 17.6 Å². The molecule has 0 bridgehead atoms. The van der Waals surface area contributed by atoms with Gasteiger partial charge in [0.2, 0.25) is 0 Å². The van der Waals surface area contributed by atoms with Crippen molar-refractivity contribution >= 4 is 0 Å². The van der Waals surface area contributed by atoms with E-state index < -0.39 is 0 Å². The topological polar surface area (TPSA) is 12.5 Å². The molecule has 0 aromatic carbocycles. The van der Waals surface area contributed by atoms with E-state index in [1.165, 1.54) is 0 Å². The predicted molar refractivity (Wildman–Crippen MR) is 55.6 cm³/mol. The summed E-state index contributed by atoms with van der Waals surface area (Å²) in [5.41, 5.74) is 0. The molecule has 1 aliphatic heterocycles. The summed E-state index contributed by atoms with van der Waals surface area (Å²) in [4.78, 5) is 2.40. The van der Waals surface area contributed by atoms with Crippen molar-refractivity contribution in [1.82, 2.24) is 4.90 Å². The second kappa shape index (κ2) is 5.81. The van der Waals surface area contributed by atoms with E-state index in [9.17, 15) is 0 Å². The highest BCUT2D eigenvalue weighted by atomic mass is 16.5. The van der Waals surface area contributed by atoms with E-state index in [1.54, 1.807) is 0 Å². The molecule has 0 saturated carbocycles. The molecule has 0 aromatic rings. The quantitative estimate of drug-likeness (QED) is 0.616. The highest BCUT2D eigenvalue weighted by Gasteiger charge is 2.08. The Bertz CT molecular complexity index is 187. The van der Waals surface area contributed by atoms with Crippen LogP contribution in [0, 0.1) is 0 Å². The van der Waals surface area contributed by atoms with Gasteiger partial charge in [0.1, 0.15) is 0 Å². The van der Waals surface area contributed by atoms with E-state index in [0.717, 1.165) is 44.8 Å². The number of rotatable bonds is 4. The molecule has 0 N–H and O–H groups in total. The summed E-state index contributed by atoms with van der Waals surface area (Å²) >= 11 is 0. The molecule has 74 valence electrons. The highest BCUT2D eigenvalue weighted by molar-refractivity contribution is 4.97. The molecule has 1 heterocycles. The summed E-state index contributed by atoms with van der Waals surface area (Å²) < 4.78 is 5.50. The standard InChI is InChI=1S/C11H19NO/c1-3-8-12-9-5-6-11(7-10-12)13-4-2/h3,6H,1,4-5,7-10H2,2H3. The lowest BCUT2D eigenvalue weighted by Crippen LogP contribution is -2.24. The molecule has 0 saturated heterocycles. The van der Waals surface area contributed by atoms with Crippen LogP contribution in [0.3, 0.4) is 0 Å². The fourth-order valence-corrected chi connectivity index (χ4v) is 1.57. The Labute approximate surface area is 80.9 Å². The molecule has 0 aromatic heterocycles. The predicted octanol–water partition coefficient (Wildman–Crippen LogP) is 2.19. The fraction of sp³-hybridized carbons (Fsp3) is 0.636. The molecule has 0 atom stereocenters. The monoisotopic (exact) mass is 181 g/mol. The van der Waals surface area contributed by atoms with Crippen molar-refractivity contribution in [3.8, 4) is 0 Å². The van der Waals surface area contributed by atoms with Crippen LogP contribution in [-0.4, -0.2) is 31.1 Å². The molecule has 2 nitrogen and oxygen atoms in total. The first-order valence-corrected chi connectivity index (χ1v) is 5.02. The first kappa shape index (κ1) is 10.3. The van der Waals surface area contributed by atoms with Crippen LogP contribution < -0.4 is 0 Å². The van der Waals surface area contributed by atoms with Crippen molar-refractivity contribution in [2.75, 3.05) is 26.2 Å². The van der Waals surface area contributed by atoms with E-state index in [1.807, 2.05) is 13.0 Å². The van der Waals surface area contributed by atoms with Crippen molar-refractivity contribution in [3.05, 3.63) is 24.5 Å². The third-order valence-electron chi connectivity index (χ3n) is 2.21.